The zero-order chi connectivity index (χ0) is 18.4. The second-order valence-corrected chi connectivity index (χ2v) is 5.74. The van der Waals surface area contributed by atoms with Crippen LogP contribution in [0.4, 0.5) is 10.1 Å². The van der Waals surface area contributed by atoms with Crippen molar-refractivity contribution in [2.45, 2.75) is 19.5 Å². The molecule has 0 radical (unpaired) electrons. The fourth-order valence-corrected chi connectivity index (χ4v) is 2.35. The summed E-state index contributed by atoms with van der Waals surface area (Å²) in [7, 11) is 3.20. The average Bonchev–Trinajstić information content (AvgIpc) is 2.61. The van der Waals surface area contributed by atoms with E-state index in [-0.39, 0.29) is 11.7 Å². The van der Waals surface area contributed by atoms with Crippen LogP contribution in [0.3, 0.4) is 0 Å². The second-order valence-electron chi connectivity index (χ2n) is 5.74. The molecule has 0 bridgehead atoms. The standard InChI is InChI=1S/C19H20FN3O2/c1-13(19(24)22-16-6-4-5-14(9-16)11-21)23(2)12-15-7-8-18(25-3)17(20)10-15/h4-10,13H,12H2,1-3H3,(H,22,24)/t13-/m1/s1. The van der Waals surface area contributed by atoms with Crippen LogP contribution in [0.25, 0.3) is 0 Å². The van der Waals surface area contributed by atoms with Gasteiger partial charge in [0.25, 0.3) is 0 Å². The number of ether oxygens (including phenoxy) is 1. The molecule has 1 atom stereocenters. The van der Waals surface area contributed by atoms with Crippen LogP contribution in [0.5, 0.6) is 5.75 Å². The SMILES string of the molecule is COc1ccc(CN(C)[C@H](C)C(=O)Nc2cccc(C#N)c2)cc1F. The van der Waals surface area contributed by atoms with Crippen molar-refractivity contribution in [1.82, 2.24) is 4.90 Å². The number of nitriles is 1. The Labute approximate surface area is 146 Å². The summed E-state index contributed by atoms with van der Waals surface area (Å²) in [5.74, 6) is -0.444. The first-order valence-corrected chi connectivity index (χ1v) is 7.78. The third-order valence-corrected chi connectivity index (χ3v) is 3.95. The second kappa shape index (κ2) is 8.27. The van der Waals surface area contributed by atoms with E-state index in [2.05, 4.69) is 5.32 Å². The summed E-state index contributed by atoms with van der Waals surface area (Å²) in [5, 5.41) is 11.7. The molecule has 2 aromatic carbocycles. The minimum Gasteiger partial charge on any atom is -0.494 e. The summed E-state index contributed by atoms with van der Waals surface area (Å²) < 4.78 is 18.7. The maximum atomic E-state index is 13.8. The number of amides is 1. The van der Waals surface area contributed by atoms with Crippen molar-refractivity contribution in [3.63, 3.8) is 0 Å². The molecule has 5 nitrogen and oxygen atoms in total. The Kier molecular flexibility index (Phi) is 6.09. The molecule has 0 spiro atoms. The van der Waals surface area contributed by atoms with E-state index in [0.29, 0.717) is 17.8 Å². The fraction of sp³-hybridized carbons (Fsp3) is 0.263. The van der Waals surface area contributed by atoms with Gasteiger partial charge in [0.2, 0.25) is 5.91 Å². The molecule has 25 heavy (non-hydrogen) atoms. The molecule has 0 fully saturated rings. The van der Waals surface area contributed by atoms with Crippen LogP contribution in [0.1, 0.15) is 18.1 Å². The number of hydrogen-bond donors (Lipinski definition) is 1. The van der Waals surface area contributed by atoms with Gasteiger partial charge in [0, 0.05) is 12.2 Å². The Morgan fingerprint density at radius 1 is 1.36 bits per heavy atom. The molecule has 0 aromatic heterocycles. The van der Waals surface area contributed by atoms with Crippen LogP contribution in [0.15, 0.2) is 42.5 Å². The zero-order valence-corrected chi connectivity index (χ0v) is 14.4. The van der Waals surface area contributed by atoms with Crippen molar-refractivity contribution in [3.05, 3.63) is 59.4 Å². The molecule has 0 saturated heterocycles. The topological polar surface area (TPSA) is 65.4 Å². The van der Waals surface area contributed by atoms with Crippen LogP contribution in [0.2, 0.25) is 0 Å². The quantitative estimate of drug-likeness (QED) is 0.876. The van der Waals surface area contributed by atoms with Gasteiger partial charge in [-0.2, -0.15) is 5.26 Å². The van der Waals surface area contributed by atoms with E-state index < -0.39 is 11.9 Å². The monoisotopic (exact) mass is 341 g/mol. The van der Waals surface area contributed by atoms with Gasteiger partial charge in [0.15, 0.2) is 11.6 Å². The van der Waals surface area contributed by atoms with Gasteiger partial charge in [-0.1, -0.05) is 12.1 Å². The number of hydrogen-bond acceptors (Lipinski definition) is 4. The molecule has 0 aliphatic heterocycles. The minimum absolute atomic E-state index is 0.189. The Balaban J connectivity index is 2.01. The van der Waals surface area contributed by atoms with Crippen molar-refractivity contribution < 1.29 is 13.9 Å². The van der Waals surface area contributed by atoms with Crippen molar-refractivity contribution >= 4 is 11.6 Å². The molecule has 1 N–H and O–H groups in total. The van der Waals surface area contributed by atoms with Gasteiger partial charge >= 0.3 is 0 Å². The summed E-state index contributed by atoms with van der Waals surface area (Å²) in [5.41, 5.74) is 1.79. The van der Waals surface area contributed by atoms with E-state index in [1.165, 1.54) is 13.2 Å². The number of carbonyl (C=O) groups excluding carboxylic acids is 1. The molecule has 0 unspecified atom stereocenters. The number of nitrogens with zero attached hydrogens (tertiary/aromatic N) is 2. The molecule has 6 heteroatoms. The molecule has 0 saturated carbocycles. The van der Waals surface area contributed by atoms with E-state index in [9.17, 15) is 9.18 Å². The van der Waals surface area contributed by atoms with Gasteiger partial charge < -0.3 is 10.1 Å². The minimum atomic E-state index is -0.434. The zero-order valence-electron chi connectivity index (χ0n) is 14.4. The first kappa shape index (κ1) is 18.4. The summed E-state index contributed by atoms with van der Waals surface area (Å²) in [4.78, 5) is 14.2. The lowest BCUT2D eigenvalue weighted by molar-refractivity contribution is -0.120. The molecule has 2 rings (SSSR count). The number of rotatable bonds is 6. The van der Waals surface area contributed by atoms with Gasteiger partial charge in [-0.05, 0) is 49.9 Å². The summed E-state index contributed by atoms with van der Waals surface area (Å²) in [6.45, 7) is 2.18. The van der Waals surface area contributed by atoms with Crippen LogP contribution in [0, 0.1) is 17.1 Å². The third kappa shape index (κ3) is 4.78. The van der Waals surface area contributed by atoms with Gasteiger partial charge in [-0.15, -0.1) is 0 Å². The number of halogens is 1. The average molecular weight is 341 g/mol. The number of benzene rings is 2. The number of nitrogens with one attached hydrogen (secondary N) is 1. The molecule has 0 aliphatic carbocycles. The highest BCUT2D eigenvalue weighted by Crippen LogP contribution is 2.19. The Morgan fingerprint density at radius 2 is 2.12 bits per heavy atom. The highest BCUT2D eigenvalue weighted by atomic mass is 19.1. The van der Waals surface area contributed by atoms with Gasteiger partial charge in [0.1, 0.15) is 0 Å². The number of likely N-dealkylation sites (N-methyl/N-ethyl adjacent to an activating group) is 1. The predicted octanol–water partition coefficient (Wildman–Crippen LogP) is 3.16. The first-order valence-electron chi connectivity index (χ1n) is 7.78. The third-order valence-electron chi connectivity index (χ3n) is 3.95. The van der Waals surface area contributed by atoms with Gasteiger partial charge in [-0.3, -0.25) is 9.69 Å². The van der Waals surface area contributed by atoms with Crippen molar-refractivity contribution in [2.24, 2.45) is 0 Å². The van der Waals surface area contributed by atoms with Gasteiger partial charge in [0.05, 0.1) is 24.8 Å². The van der Waals surface area contributed by atoms with Gasteiger partial charge in [-0.25, -0.2) is 4.39 Å². The summed E-state index contributed by atoms with van der Waals surface area (Å²) in [6.07, 6.45) is 0. The highest BCUT2D eigenvalue weighted by molar-refractivity contribution is 5.94. The maximum Gasteiger partial charge on any atom is 0.241 e. The Hall–Kier alpha value is -2.91. The lowest BCUT2D eigenvalue weighted by Crippen LogP contribution is -2.39. The normalized spacial score (nSPS) is 11.7. The van der Waals surface area contributed by atoms with Crippen molar-refractivity contribution in [1.29, 1.82) is 5.26 Å². The summed E-state index contributed by atoms with van der Waals surface area (Å²) >= 11 is 0. The smallest absolute Gasteiger partial charge is 0.241 e. The molecule has 0 aliphatic rings. The van der Waals surface area contributed by atoms with E-state index in [0.717, 1.165) is 5.56 Å². The molecule has 2 aromatic rings. The highest BCUT2D eigenvalue weighted by Gasteiger charge is 2.19. The molecular weight excluding hydrogens is 321 g/mol. The van der Waals surface area contributed by atoms with Crippen LogP contribution in [-0.4, -0.2) is 31.0 Å². The summed E-state index contributed by atoms with van der Waals surface area (Å²) in [6, 6.07) is 13.0. The fourth-order valence-electron chi connectivity index (χ4n) is 2.35. The number of carbonyl (C=O) groups is 1. The molecule has 1 amide bonds. The largest absolute Gasteiger partial charge is 0.494 e. The first-order chi connectivity index (χ1) is 11.9. The lowest BCUT2D eigenvalue weighted by atomic mass is 10.1. The molecule has 130 valence electrons. The van der Waals surface area contributed by atoms with E-state index in [1.807, 2.05) is 11.0 Å². The predicted molar refractivity (Wildman–Crippen MR) is 93.7 cm³/mol. The number of anilines is 1. The van der Waals surface area contributed by atoms with E-state index in [1.54, 1.807) is 50.4 Å². The van der Waals surface area contributed by atoms with Crippen LogP contribution >= 0.6 is 0 Å². The molecule has 0 heterocycles. The maximum absolute atomic E-state index is 13.8. The number of methoxy groups -OCH3 is 1. The van der Waals surface area contributed by atoms with Crippen LogP contribution in [-0.2, 0) is 11.3 Å². The lowest BCUT2D eigenvalue weighted by Gasteiger charge is -2.24. The van der Waals surface area contributed by atoms with Crippen molar-refractivity contribution in [3.8, 4) is 11.8 Å². The van der Waals surface area contributed by atoms with Crippen molar-refractivity contribution in [2.75, 3.05) is 19.5 Å². The van der Waals surface area contributed by atoms with E-state index in [4.69, 9.17) is 10.00 Å². The Bertz CT molecular complexity index is 801. The molecular formula is C19H20FN3O2. The Morgan fingerprint density at radius 3 is 2.76 bits per heavy atom. The van der Waals surface area contributed by atoms with Crippen LogP contribution < -0.4 is 10.1 Å². The van der Waals surface area contributed by atoms with E-state index >= 15 is 0 Å².